The first kappa shape index (κ1) is 14.4. The lowest BCUT2D eigenvalue weighted by Crippen LogP contribution is -1.99. The topological polar surface area (TPSA) is 117 Å². The van der Waals surface area contributed by atoms with Crippen LogP contribution in [0.3, 0.4) is 0 Å². The molecule has 2 rings (SSSR count). The monoisotopic (exact) mass is 293 g/mol. The molecule has 0 unspecified atom stereocenters. The van der Waals surface area contributed by atoms with Crippen LogP contribution in [0.4, 0.5) is 11.6 Å². The fourth-order valence-corrected chi connectivity index (χ4v) is 1.62. The van der Waals surface area contributed by atoms with Crippen molar-refractivity contribution < 1.29 is 18.8 Å². The van der Waals surface area contributed by atoms with Gasteiger partial charge in [-0.25, -0.2) is 4.63 Å². The van der Waals surface area contributed by atoms with Crippen molar-refractivity contribution in [3.63, 3.8) is 0 Å². The molecule has 9 heteroatoms. The number of nitrogens with zero attached hydrogens (tertiary/aromatic N) is 3. The molecule has 0 spiro atoms. The maximum absolute atomic E-state index is 5.50. The molecule has 2 aromatic rings. The highest BCUT2D eigenvalue weighted by Crippen LogP contribution is 2.34. The van der Waals surface area contributed by atoms with Gasteiger partial charge in [0, 0.05) is 11.6 Å². The van der Waals surface area contributed by atoms with E-state index in [4.69, 9.17) is 19.9 Å². The van der Waals surface area contributed by atoms with Crippen molar-refractivity contribution in [1.29, 1.82) is 0 Å². The molecule has 0 saturated carbocycles. The van der Waals surface area contributed by atoms with E-state index in [1.54, 1.807) is 19.2 Å². The van der Waals surface area contributed by atoms with Crippen LogP contribution in [0.1, 0.15) is 5.56 Å². The van der Waals surface area contributed by atoms with Gasteiger partial charge < -0.3 is 19.9 Å². The maximum atomic E-state index is 5.50. The highest BCUT2D eigenvalue weighted by atomic mass is 16.6. The number of hydrogen-bond donors (Lipinski definition) is 2. The van der Waals surface area contributed by atoms with Crippen LogP contribution >= 0.6 is 0 Å². The van der Waals surface area contributed by atoms with E-state index in [1.807, 2.05) is 0 Å². The number of hydrogen-bond acceptors (Lipinski definition) is 9. The summed E-state index contributed by atoms with van der Waals surface area (Å²) in [7, 11) is 4.63. The van der Waals surface area contributed by atoms with Gasteiger partial charge in [0.05, 0.1) is 27.5 Å². The number of anilines is 2. The molecular formula is C12H15N5O4. The Labute approximate surface area is 120 Å². The van der Waals surface area contributed by atoms with Crippen LogP contribution in [0.5, 0.6) is 17.2 Å². The summed E-state index contributed by atoms with van der Waals surface area (Å²) in [5.41, 5.74) is 8.76. The molecule has 0 aliphatic heterocycles. The molecular weight excluding hydrogens is 278 g/mol. The van der Waals surface area contributed by atoms with E-state index in [-0.39, 0.29) is 11.6 Å². The maximum Gasteiger partial charge on any atom is 0.235 e. The summed E-state index contributed by atoms with van der Waals surface area (Å²) in [6.45, 7) is 0. The van der Waals surface area contributed by atoms with Crippen molar-refractivity contribution in [2.24, 2.45) is 5.10 Å². The number of nitrogens with two attached hydrogens (primary N) is 1. The molecule has 1 aromatic carbocycles. The zero-order valence-corrected chi connectivity index (χ0v) is 11.8. The second-order valence-electron chi connectivity index (χ2n) is 3.82. The van der Waals surface area contributed by atoms with Crippen molar-refractivity contribution >= 4 is 17.9 Å². The van der Waals surface area contributed by atoms with Crippen LogP contribution < -0.4 is 25.4 Å². The summed E-state index contributed by atoms with van der Waals surface area (Å²) >= 11 is 0. The van der Waals surface area contributed by atoms with E-state index in [1.165, 1.54) is 20.4 Å². The van der Waals surface area contributed by atoms with Gasteiger partial charge in [-0.15, -0.1) is 0 Å². The van der Waals surface area contributed by atoms with E-state index >= 15 is 0 Å². The number of methoxy groups -OCH3 is 3. The van der Waals surface area contributed by atoms with Gasteiger partial charge in [0.25, 0.3) is 0 Å². The van der Waals surface area contributed by atoms with Gasteiger partial charge in [0.1, 0.15) is 5.75 Å². The molecule has 0 amide bonds. The number of nitrogen functional groups attached to an aromatic ring is 1. The fraction of sp³-hybridized carbons (Fsp3) is 0.250. The van der Waals surface area contributed by atoms with E-state index < -0.39 is 0 Å². The molecule has 0 aliphatic rings. The molecule has 1 heterocycles. The number of hydrazone groups is 1. The summed E-state index contributed by atoms with van der Waals surface area (Å²) < 4.78 is 20.2. The number of rotatable bonds is 6. The number of ether oxygens (including phenoxy) is 3. The Hall–Kier alpha value is -2.97. The Morgan fingerprint density at radius 2 is 2.00 bits per heavy atom. The van der Waals surface area contributed by atoms with E-state index in [9.17, 15) is 0 Å². The van der Waals surface area contributed by atoms with Crippen molar-refractivity contribution in [2.45, 2.75) is 0 Å². The third-order valence-corrected chi connectivity index (χ3v) is 2.60. The van der Waals surface area contributed by atoms with Crippen LogP contribution in [0.15, 0.2) is 21.9 Å². The molecule has 0 saturated heterocycles. The minimum Gasteiger partial charge on any atom is -0.497 e. The Morgan fingerprint density at radius 3 is 2.57 bits per heavy atom. The van der Waals surface area contributed by atoms with Gasteiger partial charge in [-0.3, -0.25) is 5.43 Å². The second kappa shape index (κ2) is 6.46. The molecule has 0 bridgehead atoms. The summed E-state index contributed by atoms with van der Waals surface area (Å²) in [5.74, 6) is 2.00. The van der Waals surface area contributed by atoms with Crippen LogP contribution in [0.25, 0.3) is 0 Å². The normalized spacial score (nSPS) is 10.6. The first-order chi connectivity index (χ1) is 10.2. The zero-order chi connectivity index (χ0) is 15.2. The average Bonchev–Trinajstić information content (AvgIpc) is 2.91. The van der Waals surface area contributed by atoms with Crippen molar-refractivity contribution in [1.82, 2.24) is 10.3 Å². The van der Waals surface area contributed by atoms with Gasteiger partial charge in [0.15, 0.2) is 11.5 Å². The minimum atomic E-state index is 0.113. The zero-order valence-electron chi connectivity index (χ0n) is 11.8. The van der Waals surface area contributed by atoms with Gasteiger partial charge in [-0.05, 0) is 16.4 Å². The van der Waals surface area contributed by atoms with Crippen molar-refractivity contribution in [3.8, 4) is 17.2 Å². The summed E-state index contributed by atoms with van der Waals surface area (Å²) in [6, 6.07) is 3.46. The molecule has 9 nitrogen and oxygen atoms in total. The highest BCUT2D eigenvalue weighted by molar-refractivity contribution is 5.86. The van der Waals surface area contributed by atoms with Crippen LogP contribution in [0, 0.1) is 0 Å². The summed E-state index contributed by atoms with van der Waals surface area (Å²) in [4.78, 5) is 0. The van der Waals surface area contributed by atoms with Crippen LogP contribution in [-0.2, 0) is 0 Å². The van der Waals surface area contributed by atoms with Gasteiger partial charge in [-0.1, -0.05) is 0 Å². The molecule has 1 aromatic heterocycles. The Kier molecular flexibility index (Phi) is 4.44. The molecule has 112 valence electrons. The van der Waals surface area contributed by atoms with Gasteiger partial charge in [0.2, 0.25) is 11.6 Å². The van der Waals surface area contributed by atoms with Gasteiger partial charge >= 0.3 is 0 Å². The first-order valence-corrected chi connectivity index (χ1v) is 5.86. The number of aromatic nitrogens is 2. The lowest BCUT2D eigenvalue weighted by atomic mass is 10.2. The van der Waals surface area contributed by atoms with Crippen molar-refractivity contribution in [2.75, 3.05) is 32.5 Å². The Morgan fingerprint density at radius 1 is 1.19 bits per heavy atom. The molecule has 3 N–H and O–H groups in total. The van der Waals surface area contributed by atoms with Crippen LogP contribution in [-0.4, -0.2) is 37.9 Å². The molecule has 0 radical (unpaired) electrons. The Balaban J connectivity index is 2.27. The molecule has 0 aliphatic carbocycles. The Bertz CT molecular complexity index is 641. The lowest BCUT2D eigenvalue weighted by molar-refractivity contribution is 0.310. The predicted molar refractivity (Wildman–Crippen MR) is 76.0 cm³/mol. The largest absolute Gasteiger partial charge is 0.497 e. The number of nitrogens with one attached hydrogen (secondary N) is 1. The summed E-state index contributed by atoms with van der Waals surface area (Å²) in [5, 5.41) is 11.0. The quantitative estimate of drug-likeness (QED) is 0.601. The molecule has 0 atom stereocenters. The van der Waals surface area contributed by atoms with E-state index in [0.29, 0.717) is 22.8 Å². The van der Waals surface area contributed by atoms with E-state index in [2.05, 4.69) is 25.5 Å². The summed E-state index contributed by atoms with van der Waals surface area (Å²) in [6.07, 6.45) is 1.51. The van der Waals surface area contributed by atoms with E-state index in [0.717, 1.165) is 0 Å². The van der Waals surface area contributed by atoms with Gasteiger partial charge in [-0.2, -0.15) is 5.10 Å². The van der Waals surface area contributed by atoms with Crippen LogP contribution in [0.2, 0.25) is 0 Å². The third kappa shape index (κ3) is 3.14. The SMILES string of the molecule is COc1cc(/C=N/Nc2nonc2N)c(OC)c(OC)c1. The average molecular weight is 293 g/mol. The van der Waals surface area contributed by atoms with Crippen molar-refractivity contribution in [3.05, 3.63) is 17.7 Å². The third-order valence-electron chi connectivity index (χ3n) is 2.60. The standard InChI is InChI=1S/C12H15N5O4/c1-18-8-4-7(10(20-3)9(5-8)19-2)6-14-15-12-11(13)16-21-17-12/h4-6H,1-3H3,(H2,13,16)(H,15,17)/b14-6+. The smallest absolute Gasteiger partial charge is 0.235 e. The minimum absolute atomic E-state index is 0.113. The predicted octanol–water partition coefficient (Wildman–Crippen LogP) is 1.12. The lowest BCUT2D eigenvalue weighted by Gasteiger charge is -2.12. The molecule has 21 heavy (non-hydrogen) atoms. The first-order valence-electron chi connectivity index (χ1n) is 5.86. The highest BCUT2D eigenvalue weighted by Gasteiger charge is 2.12. The number of benzene rings is 1. The molecule has 0 fully saturated rings. The second-order valence-corrected chi connectivity index (χ2v) is 3.82. The fourth-order valence-electron chi connectivity index (χ4n) is 1.62.